The first-order chi connectivity index (χ1) is 8.60. The van der Waals surface area contributed by atoms with E-state index >= 15 is 0 Å². The molecule has 3 rings (SSSR count). The van der Waals surface area contributed by atoms with Gasteiger partial charge in [-0.1, -0.05) is 29.3 Å². The van der Waals surface area contributed by atoms with E-state index in [1.165, 1.54) is 43.4 Å². The average Bonchev–Trinajstić information content (AvgIpc) is 2.85. The van der Waals surface area contributed by atoms with Gasteiger partial charge in [-0.05, 0) is 69.4 Å². The highest BCUT2D eigenvalue weighted by atomic mass is 14.8. The van der Waals surface area contributed by atoms with E-state index in [9.17, 15) is 0 Å². The molecule has 2 saturated carbocycles. The third-order valence-corrected chi connectivity index (χ3v) is 4.87. The zero-order valence-electron chi connectivity index (χ0n) is 11.9. The highest BCUT2D eigenvalue weighted by Crippen LogP contribution is 2.60. The van der Waals surface area contributed by atoms with E-state index in [-0.39, 0.29) is 0 Å². The van der Waals surface area contributed by atoms with Crippen molar-refractivity contribution in [1.29, 1.82) is 0 Å². The van der Waals surface area contributed by atoms with Crippen LogP contribution in [-0.4, -0.2) is 13.6 Å². The Labute approximate surface area is 111 Å². The zero-order chi connectivity index (χ0) is 12.8. The standard InChI is InChI=1S/C17H25N/c1-12-4-13(2)6-14(5-12)8-17(11-18-3)9-15-7-16(15)10-17/h4-6,15-16,18H,7-11H2,1-3H3. The third kappa shape index (κ3) is 2.33. The smallest absolute Gasteiger partial charge is 0.000820 e. The Morgan fingerprint density at radius 3 is 2.28 bits per heavy atom. The van der Waals surface area contributed by atoms with E-state index in [1.807, 2.05) is 0 Å². The molecule has 0 aliphatic heterocycles. The van der Waals surface area contributed by atoms with Gasteiger partial charge in [0.2, 0.25) is 0 Å². The highest BCUT2D eigenvalue weighted by molar-refractivity contribution is 5.30. The molecule has 2 aliphatic carbocycles. The maximum atomic E-state index is 3.44. The molecule has 18 heavy (non-hydrogen) atoms. The fraction of sp³-hybridized carbons (Fsp3) is 0.647. The van der Waals surface area contributed by atoms with Gasteiger partial charge in [0, 0.05) is 6.54 Å². The van der Waals surface area contributed by atoms with Gasteiger partial charge in [-0.3, -0.25) is 0 Å². The van der Waals surface area contributed by atoms with Crippen LogP contribution in [0.15, 0.2) is 18.2 Å². The molecule has 0 spiro atoms. The van der Waals surface area contributed by atoms with Gasteiger partial charge in [-0.25, -0.2) is 0 Å². The fourth-order valence-electron chi connectivity index (χ4n) is 4.34. The molecule has 0 amide bonds. The molecule has 0 radical (unpaired) electrons. The third-order valence-electron chi connectivity index (χ3n) is 4.87. The second-order valence-corrected chi connectivity index (χ2v) is 6.87. The second-order valence-electron chi connectivity index (χ2n) is 6.87. The molecule has 1 nitrogen and oxygen atoms in total. The first kappa shape index (κ1) is 12.2. The Morgan fingerprint density at radius 1 is 1.11 bits per heavy atom. The Bertz CT molecular complexity index is 419. The molecule has 0 bridgehead atoms. The predicted octanol–water partition coefficient (Wildman–Crippen LogP) is 3.48. The van der Waals surface area contributed by atoms with E-state index in [1.54, 1.807) is 5.56 Å². The van der Waals surface area contributed by atoms with Crippen LogP contribution in [0.25, 0.3) is 0 Å². The molecule has 1 aromatic carbocycles. The minimum atomic E-state index is 0.544. The maximum Gasteiger partial charge on any atom is 0.000820 e. The van der Waals surface area contributed by atoms with Crippen LogP contribution in [0.2, 0.25) is 0 Å². The SMILES string of the molecule is CNCC1(Cc2cc(C)cc(C)c2)CC2CC2C1. The number of rotatable bonds is 4. The van der Waals surface area contributed by atoms with Crippen molar-refractivity contribution in [2.24, 2.45) is 17.3 Å². The summed E-state index contributed by atoms with van der Waals surface area (Å²) in [5.41, 5.74) is 4.91. The molecule has 2 unspecified atom stereocenters. The van der Waals surface area contributed by atoms with Crippen molar-refractivity contribution in [3.8, 4) is 0 Å². The molecule has 2 atom stereocenters. The molecule has 0 aromatic heterocycles. The van der Waals surface area contributed by atoms with E-state index in [0.29, 0.717) is 5.41 Å². The number of aryl methyl sites for hydroxylation is 2. The van der Waals surface area contributed by atoms with Crippen LogP contribution in [0.3, 0.4) is 0 Å². The van der Waals surface area contributed by atoms with Crippen LogP contribution in [0.1, 0.15) is 36.0 Å². The van der Waals surface area contributed by atoms with E-state index < -0.39 is 0 Å². The Morgan fingerprint density at radius 2 is 1.72 bits per heavy atom. The molecule has 1 aromatic rings. The van der Waals surface area contributed by atoms with Crippen molar-refractivity contribution in [2.75, 3.05) is 13.6 Å². The summed E-state index contributed by atoms with van der Waals surface area (Å²) in [6.07, 6.45) is 5.68. The van der Waals surface area contributed by atoms with Gasteiger partial charge in [-0.2, -0.15) is 0 Å². The molecule has 98 valence electrons. The van der Waals surface area contributed by atoms with Crippen molar-refractivity contribution in [2.45, 2.75) is 39.5 Å². The van der Waals surface area contributed by atoms with Crippen LogP contribution in [0.5, 0.6) is 0 Å². The molecule has 1 heteroatoms. The summed E-state index contributed by atoms with van der Waals surface area (Å²) in [7, 11) is 2.10. The average molecular weight is 243 g/mol. The molecular formula is C17H25N. The molecule has 0 heterocycles. The zero-order valence-corrected chi connectivity index (χ0v) is 11.9. The van der Waals surface area contributed by atoms with Crippen molar-refractivity contribution in [1.82, 2.24) is 5.32 Å². The van der Waals surface area contributed by atoms with Gasteiger partial charge in [0.15, 0.2) is 0 Å². The van der Waals surface area contributed by atoms with Crippen LogP contribution < -0.4 is 5.32 Å². The van der Waals surface area contributed by atoms with E-state index in [0.717, 1.165) is 11.8 Å². The summed E-state index contributed by atoms with van der Waals surface area (Å²) in [5, 5.41) is 3.44. The minimum Gasteiger partial charge on any atom is -0.319 e. The number of nitrogens with one attached hydrogen (secondary N) is 1. The summed E-state index contributed by atoms with van der Waals surface area (Å²) in [6.45, 7) is 5.62. The molecule has 2 aliphatic rings. The topological polar surface area (TPSA) is 12.0 Å². The normalized spacial score (nSPS) is 33.5. The maximum absolute atomic E-state index is 3.44. The van der Waals surface area contributed by atoms with Crippen molar-refractivity contribution < 1.29 is 0 Å². The lowest BCUT2D eigenvalue weighted by Crippen LogP contribution is -2.33. The van der Waals surface area contributed by atoms with Crippen LogP contribution in [-0.2, 0) is 6.42 Å². The van der Waals surface area contributed by atoms with Gasteiger partial charge in [0.05, 0.1) is 0 Å². The fourth-order valence-corrected chi connectivity index (χ4v) is 4.34. The van der Waals surface area contributed by atoms with Gasteiger partial charge in [0.1, 0.15) is 0 Å². The summed E-state index contributed by atoms with van der Waals surface area (Å²) >= 11 is 0. The number of benzene rings is 1. The summed E-state index contributed by atoms with van der Waals surface area (Å²) in [5.74, 6) is 2.12. The van der Waals surface area contributed by atoms with Crippen molar-refractivity contribution in [3.05, 3.63) is 34.9 Å². The first-order valence-electron chi connectivity index (χ1n) is 7.32. The van der Waals surface area contributed by atoms with Crippen LogP contribution in [0.4, 0.5) is 0 Å². The van der Waals surface area contributed by atoms with Crippen LogP contribution in [0, 0.1) is 31.1 Å². The lowest BCUT2D eigenvalue weighted by atomic mass is 9.77. The highest BCUT2D eigenvalue weighted by Gasteiger charge is 2.53. The quantitative estimate of drug-likeness (QED) is 0.853. The first-order valence-corrected chi connectivity index (χ1v) is 7.32. The van der Waals surface area contributed by atoms with E-state index in [4.69, 9.17) is 0 Å². The van der Waals surface area contributed by atoms with Gasteiger partial charge in [-0.15, -0.1) is 0 Å². The molecule has 0 saturated heterocycles. The monoisotopic (exact) mass is 243 g/mol. The van der Waals surface area contributed by atoms with Gasteiger partial charge < -0.3 is 5.32 Å². The van der Waals surface area contributed by atoms with Crippen molar-refractivity contribution >= 4 is 0 Å². The predicted molar refractivity (Wildman–Crippen MR) is 76.8 cm³/mol. The van der Waals surface area contributed by atoms with Gasteiger partial charge in [0.25, 0.3) is 0 Å². The van der Waals surface area contributed by atoms with Crippen molar-refractivity contribution in [3.63, 3.8) is 0 Å². The Kier molecular flexibility index (Phi) is 2.97. The molecule has 1 N–H and O–H groups in total. The number of hydrogen-bond acceptors (Lipinski definition) is 1. The second kappa shape index (κ2) is 4.38. The van der Waals surface area contributed by atoms with Gasteiger partial charge >= 0.3 is 0 Å². The lowest BCUT2D eigenvalue weighted by molar-refractivity contribution is 0.255. The minimum absolute atomic E-state index is 0.544. The summed E-state index contributed by atoms with van der Waals surface area (Å²) in [4.78, 5) is 0. The van der Waals surface area contributed by atoms with E-state index in [2.05, 4.69) is 44.4 Å². The van der Waals surface area contributed by atoms with Crippen LogP contribution >= 0.6 is 0 Å². The number of hydrogen-bond donors (Lipinski definition) is 1. The molecular weight excluding hydrogens is 218 g/mol. The Balaban J connectivity index is 1.80. The summed E-state index contributed by atoms with van der Waals surface area (Å²) in [6, 6.07) is 7.04. The lowest BCUT2D eigenvalue weighted by Gasteiger charge is -2.31. The molecule has 2 fully saturated rings. The Hall–Kier alpha value is -0.820. The largest absolute Gasteiger partial charge is 0.319 e. The number of fused-ring (bicyclic) bond motifs is 1. The summed E-state index contributed by atoms with van der Waals surface area (Å²) < 4.78 is 0.